The summed E-state index contributed by atoms with van der Waals surface area (Å²) < 4.78 is 19.5. The molecule has 2 aliphatic heterocycles. The number of carbonyl (C=O) groups excluding carboxylic acids is 2. The molecule has 6 nitrogen and oxygen atoms in total. The van der Waals surface area contributed by atoms with Crippen molar-refractivity contribution in [2.24, 2.45) is 0 Å². The number of likely N-dealkylation sites (N-methyl/N-ethyl adjacent to an activating group) is 1. The Bertz CT molecular complexity index is 725. The standard InChI is InChI=1S/C21H28FN3O3/c1-23-11-13-24(14-12-23)20(27)18-15-28-21(9-3-2-4-10-21)25(18)19(26)16-5-7-17(22)8-6-16/h5-8,18H,2-4,9-15H2,1H3/p+1/t18-/m1/s1. The minimum absolute atomic E-state index is 0.0228. The Labute approximate surface area is 165 Å². The van der Waals surface area contributed by atoms with Gasteiger partial charge in [0.1, 0.15) is 17.6 Å². The summed E-state index contributed by atoms with van der Waals surface area (Å²) in [6, 6.07) is 4.96. The van der Waals surface area contributed by atoms with Crippen LogP contribution in [0.15, 0.2) is 24.3 Å². The van der Waals surface area contributed by atoms with Crippen molar-refractivity contribution < 1.29 is 23.6 Å². The first-order chi connectivity index (χ1) is 13.5. The molecule has 0 radical (unpaired) electrons. The number of hydrogen-bond acceptors (Lipinski definition) is 3. The third kappa shape index (κ3) is 3.53. The van der Waals surface area contributed by atoms with Crippen LogP contribution in [0.5, 0.6) is 0 Å². The quantitative estimate of drug-likeness (QED) is 0.808. The molecule has 28 heavy (non-hydrogen) atoms. The molecular weight excluding hydrogens is 361 g/mol. The van der Waals surface area contributed by atoms with Crippen LogP contribution in [0, 0.1) is 5.82 Å². The number of ether oxygens (including phenoxy) is 1. The Morgan fingerprint density at radius 1 is 1.11 bits per heavy atom. The number of quaternary nitrogens is 1. The maximum Gasteiger partial charge on any atom is 0.256 e. The SMILES string of the molecule is C[NH+]1CCN(C(=O)[C@H]2COC3(CCCCC3)N2C(=O)c2ccc(F)cc2)CC1. The van der Waals surface area contributed by atoms with Gasteiger partial charge >= 0.3 is 0 Å². The zero-order chi connectivity index (χ0) is 19.7. The highest BCUT2D eigenvalue weighted by atomic mass is 19.1. The number of piperazine rings is 1. The molecule has 4 rings (SSSR count). The third-order valence-electron chi connectivity index (χ3n) is 6.42. The van der Waals surface area contributed by atoms with Gasteiger partial charge in [0.25, 0.3) is 5.91 Å². The van der Waals surface area contributed by atoms with Crippen molar-refractivity contribution in [3.8, 4) is 0 Å². The summed E-state index contributed by atoms with van der Waals surface area (Å²) >= 11 is 0. The van der Waals surface area contributed by atoms with E-state index in [0.717, 1.165) is 45.2 Å². The number of nitrogens with zero attached hydrogens (tertiary/aromatic N) is 2. The molecular formula is C21H29FN3O3+. The lowest BCUT2D eigenvalue weighted by Crippen LogP contribution is -3.12. The van der Waals surface area contributed by atoms with Gasteiger partial charge in [0.2, 0.25) is 5.91 Å². The zero-order valence-corrected chi connectivity index (χ0v) is 16.5. The number of halogens is 1. The van der Waals surface area contributed by atoms with Gasteiger partial charge in [-0.25, -0.2) is 4.39 Å². The van der Waals surface area contributed by atoms with Crippen molar-refractivity contribution in [3.05, 3.63) is 35.6 Å². The van der Waals surface area contributed by atoms with Crippen LogP contribution in [0.4, 0.5) is 4.39 Å². The molecule has 2 heterocycles. The highest BCUT2D eigenvalue weighted by molar-refractivity contribution is 5.98. The third-order valence-corrected chi connectivity index (χ3v) is 6.42. The van der Waals surface area contributed by atoms with Crippen LogP contribution in [0.1, 0.15) is 42.5 Å². The Kier molecular flexibility index (Phi) is 5.38. The lowest BCUT2D eigenvalue weighted by Gasteiger charge is -2.42. The van der Waals surface area contributed by atoms with E-state index < -0.39 is 11.8 Å². The average Bonchev–Trinajstić information content (AvgIpc) is 3.07. The van der Waals surface area contributed by atoms with Crippen LogP contribution < -0.4 is 4.90 Å². The van der Waals surface area contributed by atoms with Crippen molar-refractivity contribution in [2.75, 3.05) is 39.8 Å². The molecule has 1 aliphatic carbocycles. The lowest BCUT2D eigenvalue weighted by atomic mass is 9.89. The molecule has 1 saturated carbocycles. The van der Waals surface area contributed by atoms with Crippen LogP contribution in [-0.4, -0.2) is 73.2 Å². The number of hydrogen-bond donors (Lipinski definition) is 1. The van der Waals surface area contributed by atoms with Gasteiger partial charge < -0.3 is 14.5 Å². The van der Waals surface area contributed by atoms with E-state index in [-0.39, 0.29) is 24.2 Å². The summed E-state index contributed by atoms with van der Waals surface area (Å²) in [5.74, 6) is -0.642. The highest BCUT2D eigenvalue weighted by Crippen LogP contribution is 2.41. The number of carbonyl (C=O) groups is 2. The fourth-order valence-corrected chi connectivity index (χ4v) is 4.71. The van der Waals surface area contributed by atoms with E-state index in [2.05, 4.69) is 7.05 Å². The Morgan fingerprint density at radius 2 is 1.75 bits per heavy atom. The summed E-state index contributed by atoms with van der Waals surface area (Å²) in [5, 5.41) is 0. The van der Waals surface area contributed by atoms with Gasteiger partial charge in [-0.15, -0.1) is 0 Å². The first-order valence-electron chi connectivity index (χ1n) is 10.3. The monoisotopic (exact) mass is 390 g/mol. The van der Waals surface area contributed by atoms with Crippen LogP contribution >= 0.6 is 0 Å². The van der Waals surface area contributed by atoms with E-state index in [1.165, 1.54) is 29.2 Å². The highest BCUT2D eigenvalue weighted by Gasteiger charge is 2.53. The second kappa shape index (κ2) is 7.79. The topological polar surface area (TPSA) is 54.3 Å². The minimum atomic E-state index is -0.706. The van der Waals surface area contributed by atoms with Gasteiger partial charge in [0, 0.05) is 5.56 Å². The van der Waals surface area contributed by atoms with E-state index in [0.29, 0.717) is 18.7 Å². The fraction of sp³-hybridized carbons (Fsp3) is 0.619. The molecule has 1 atom stereocenters. The molecule has 1 aromatic rings. The predicted molar refractivity (Wildman–Crippen MR) is 101 cm³/mol. The van der Waals surface area contributed by atoms with Crippen LogP contribution in [0.2, 0.25) is 0 Å². The van der Waals surface area contributed by atoms with Crippen LogP contribution in [-0.2, 0) is 9.53 Å². The van der Waals surface area contributed by atoms with Crippen molar-refractivity contribution in [1.29, 1.82) is 0 Å². The summed E-state index contributed by atoms with van der Waals surface area (Å²) in [5.41, 5.74) is -0.306. The molecule has 2 amide bonds. The first kappa shape index (κ1) is 19.3. The Morgan fingerprint density at radius 3 is 2.39 bits per heavy atom. The molecule has 1 N–H and O–H groups in total. The Balaban J connectivity index is 1.62. The molecule has 3 aliphatic rings. The number of benzene rings is 1. The average molecular weight is 390 g/mol. The molecule has 3 fully saturated rings. The van der Waals surface area contributed by atoms with E-state index in [9.17, 15) is 14.0 Å². The molecule has 1 aromatic carbocycles. The van der Waals surface area contributed by atoms with E-state index >= 15 is 0 Å². The van der Waals surface area contributed by atoms with Gasteiger partial charge in [-0.05, 0) is 49.9 Å². The number of rotatable bonds is 2. The fourth-order valence-electron chi connectivity index (χ4n) is 4.71. The zero-order valence-electron chi connectivity index (χ0n) is 16.5. The molecule has 152 valence electrons. The van der Waals surface area contributed by atoms with E-state index in [1.54, 1.807) is 4.90 Å². The first-order valence-corrected chi connectivity index (χ1v) is 10.3. The molecule has 7 heteroatoms. The second-order valence-corrected chi connectivity index (χ2v) is 8.30. The van der Waals surface area contributed by atoms with Crippen LogP contribution in [0.25, 0.3) is 0 Å². The summed E-state index contributed by atoms with van der Waals surface area (Å²) in [6.07, 6.45) is 4.56. The van der Waals surface area contributed by atoms with Crippen molar-refractivity contribution >= 4 is 11.8 Å². The lowest BCUT2D eigenvalue weighted by molar-refractivity contribution is -0.883. The Hall–Kier alpha value is -1.99. The predicted octanol–water partition coefficient (Wildman–Crippen LogP) is 0.684. The molecule has 1 spiro atoms. The van der Waals surface area contributed by atoms with Crippen molar-refractivity contribution in [3.63, 3.8) is 0 Å². The normalized spacial score (nSPS) is 25.3. The largest absolute Gasteiger partial charge is 0.353 e. The van der Waals surface area contributed by atoms with E-state index in [1.807, 2.05) is 4.90 Å². The number of amides is 2. The molecule has 0 bridgehead atoms. The van der Waals surface area contributed by atoms with Gasteiger partial charge in [-0.3, -0.25) is 14.5 Å². The molecule has 2 saturated heterocycles. The van der Waals surface area contributed by atoms with Gasteiger partial charge in [-0.1, -0.05) is 6.42 Å². The summed E-state index contributed by atoms with van der Waals surface area (Å²) in [7, 11) is 2.13. The summed E-state index contributed by atoms with van der Waals surface area (Å²) in [4.78, 5) is 31.7. The van der Waals surface area contributed by atoms with Crippen molar-refractivity contribution in [1.82, 2.24) is 9.80 Å². The maximum atomic E-state index is 13.4. The second-order valence-electron chi connectivity index (χ2n) is 8.30. The molecule has 0 aromatic heterocycles. The van der Waals surface area contributed by atoms with E-state index in [4.69, 9.17) is 4.74 Å². The van der Waals surface area contributed by atoms with Gasteiger partial charge in [0.15, 0.2) is 0 Å². The molecule has 0 unspecified atom stereocenters. The van der Waals surface area contributed by atoms with Gasteiger partial charge in [0.05, 0.1) is 39.8 Å². The number of nitrogens with one attached hydrogen (secondary N) is 1. The minimum Gasteiger partial charge on any atom is -0.353 e. The maximum absolute atomic E-state index is 13.4. The summed E-state index contributed by atoms with van der Waals surface area (Å²) in [6.45, 7) is 3.47. The smallest absolute Gasteiger partial charge is 0.256 e. The van der Waals surface area contributed by atoms with Gasteiger partial charge in [-0.2, -0.15) is 0 Å². The van der Waals surface area contributed by atoms with Crippen LogP contribution in [0.3, 0.4) is 0 Å². The van der Waals surface area contributed by atoms with Crippen molar-refractivity contribution in [2.45, 2.75) is 43.9 Å².